The molecule has 4 N–H and O–H groups in total. The molecular formula is C13H18ClN3O. The van der Waals surface area contributed by atoms with Crippen molar-refractivity contribution in [2.75, 3.05) is 6.54 Å². The summed E-state index contributed by atoms with van der Waals surface area (Å²) in [7, 11) is 0. The second-order valence-corrected chi connectivity index (χ2v) is 4.92. The third-order valence-electron chi connectivity index (χ3n) is 3.22. The summed E-state index contributed by atoms with van der Waals surface area (Å²) >= 11 is 5.95. The minimum atomic E-state index is -0.0505. The van der Waals surface area contributed by atoms with Gasteiger partial charge in [-0.15, -0.1) is 0 Å². The fraction of sp³-hybridized carbons (Fsp3) is 0.462. The standard InChI is InChI=1S/C13H18ClN3O/c14-11-4-3-9(7-15)10(6-11)8-17-13(18)12-2-1-5-16-12/h3-4,6,12,16H,1-2,5,7-8,15H2,(H,17,18). The molecule has 2 rings (SSSR count). The summed E-state index contributed by atoms with van der Waals surface area (Å²) in [6.45, 7) is 1.84. The average Bonchev–Trinajstić information content (AvgIpc) is 2.90. The number of carbonyl (C=O) groups is 1. The Labute approximate surface area is 112 Å². The molecule has 1 fully saturated rings. The second-order valence-electron chi connectivity index (χ2n) is 4.48. The quantitative estimate of drug-likeness (QED) is 0.767. The molecule has 1 atom stereocenters. The van der Waals surface area contributed by atoms with E-state index >= 15 is 0 Å². The highest BCUT2D eigenvalue weighted by Gasteiger charge is 2.21. The van der Waals surface area contributed by atoms with Gasteiger partial charge in [-0.05, 0) is 42.6 Å². The number of carbonyl (C=O) groups excluding carboxylic acids is 1. The van der Waals surface area contributed by atoms with Crippen molar-refractivity contribution < 1.29 is 4.79 Å². The Hall–Kier alpha value is -1.10. The molecule has 1 aromatic rings. The number of rotatable bonds is 4. The van der Waals surface area contributed by atoms with E-state index in [-0.39, 0.29) is 11.9 Å². The van der Waals surface area contributed by atoms with Gasteiger partial charge in [0, 0.05) is 18.1 Å². The molecule has 0 bridgehead atoms. The number of nitrogens with two attached hydrogens (primary N) is 1. The van der Waals surface area contributed by atoms with Crippen molar-refractivity contribution in [2.45, 2.75) is 32.0 Å². The summed E-state index contributed by atoms with van der Waals surface area (Å²) in [6.07, 6.45) is 1.97. The normalized spacial score (nSPS) is 18.9. The lowest BCUT2D eigenvalue weighted by molar-refractivity contribution is -0.122. The molecule has 1 aliphatic rings. The van der Waals surface area contributed by atoms with Gasteiger partial charge in [0.25, 0.3) is 0 Å². The lowest BCUT2D eigenvalue weighted by Crippen LogP contribution is -2.40. The number of amides is 1. The first-order chi connectivity index (χ1) is 8.70. The Morgan fingerprint density at radius 2 is 2.33 bits per heavy atom. The summed E-state index contributed by atoms with van der Waals surface area (Å²) in [5, 5.41) is 6.76. The van der Waals surface area contributed by atoms with Crippen LogP contribution in [0.25, 0.3) is 0 Å². The highest BCUT2D eigenvalue weighted by Crippen LogP contribution is 2.16. The van der Waals surface area contributed by atoms with Gasteiger partial charge in [0.1, 0.15) is 0 Å². The molecule has 0 saturated carbocycles. The minimum absolute atomic E-state index is 0.0505. The highest BCUT2D eigenvalue weighted by atomic mass is 35.5. The van der Waals surface area contributed by atoms with Gasteiger partial charge in [0.2, 0.25) is 5.91 Å². The first-order valence-electron chi connectivity index (χ1n) is 6.19. The Kier molecular flexibility index (Phi) is 4.58. The third kappa shape index (κ3) is 3.22. The monoisotopic (exact) mass is 267 g/mol. The van der Waals surface area contributed by atoms with Crippen LogP contribution in [0.5, 0.6) is 0 Å². The van der Waals surface area contributed by atoms with Crippen LogP contribution in [-0.4, -0.2) is 18.5 Å². The Morgan fingerprint density at radius 3 is 3.00 bits per heavy atom. The fourth-order valence-electron chi connectivity index (χ4n) is 2.17. The van der Waals surface area contributed by atoms with Gasteiger partial charge in [0.05, 0.1) is 6.04 Å². The van der Waals surface area contributed by atoms with E-state index in [2.05, 4.69) is 10.6 Å². The summed E-state index contributed by atoms with van der Waals surface area (Å²) in [5.41, 5.74) is 7.66. The van der Waals surface area contributed by atoms with Crippen molar-refractivity contribution in [3.63, 3.8) is 0 Å². The van der Waals surface area contributed by atoms with Crippen LogP contribution < -0.4 is 16.4 Å². The molecular weight excluding hydrogens is 250 g/mol. The smallest absolute Gasteiger partial charge is 0.237 e. The Morgan fingerprint density at radius 1 is 1.50 bits per heavy atom. The molecule has 1 aromatic carbocycles. The maximum Gasteiger partial charge on any atom is 0.237 e. The molecule has 0 aromatic heterocycles. The van der Waals surface area contributed by atoms with Crippen LogP contribution >= 0.6 is 11.6 Å². The molecule has 0 spiro atoms. The minimum Gasteiger partial charge on any atom is -0.351 e. The molecule has 1 heterocycles. The highest BCUT2D eigenvalue weighted by molar-refractivity contribution is 6.30. The average molecular weight is 268 g/mol. The molecule has 4 nitrogen and oxygen atoms in total. The first-order valence-corrected chi connectivity index (χ1v) is 6.57. The number of hydrogen-bond acceptors (Lipinski definition) is 3. The molecule has 1 aliphatic heterocycles. The van der Waals surface area contributed by atoms with Crippen LogP contribution in [0.1, 0.15) is 24.0 Å². The molecule has 98 valence electrons. The van der Waals surface area contributed by atoms with E-state index in [4.69, 9.17) is 17.3 Å². The molecule has 18 heavy (non-hydrogen) atoms. The lowest BCUT2D eigenvalue weighted by Gasteiger charge is -2.13. The Balaban J connectivity index is 1.96. The van der Waals surface area contributed by atoms with E-state index in [1.807, 2.05) is 18.2 Å². The van der Waals surface area contributed by atoms with Crippen LogP contribution in [0.3, 0.4) is 0 Å². The van der Waals surface area contributed by atoms with Crippen molar-refractivity contribution >= 4 is 17.5 Å². The van der Waals surface area contributed by atoms with Crippen LogP contribution in [0.4, 0.5) is 0 Å². The summed E-state index contributed by atoms with van der Waals surface area (Å²) < 4.78 is 0. The number of benzene rings is 1. The number of halogens is 1. The van der Waals surface area contributed by atoms with Crippen LogP contribution in [-0.2, 0) is 17.9 Å². The molecule has 1 unspecified atom stereocenters. The molecule has 1 amide bonds. The predicted octanol–water partition coefficient (Wildman–Crippen LogP) is 1.17. The van der Waals surface area contributed by atoms with E-state index < -0.39 is 0 Å². The largest absolute Gasteiger partial charge is 0.351 e. The number of nitrogens with one attached hydrogen (secondary N) is 2. The Bertz CT molecular complexity index is 430. The van der Waals surface area contributed by atoms with Gasteiger partial charge in [-0.25, -0.2) is 0 Å². The van der Waals surface area contributed by atoms with Gasteiger partial charge in [-0.1, -0.05) is 17.7 Å². The van der Waals surface area contributed by atoms with Gasteiger partial charge in [-0.2, -0.15) is 0 Å². The van der Waals surface area contributed by atoms with E-state index in [0.717, 1.165) is 30.5 Å². The topological polar surface area (TPSA) is 67.1 Å². The van der Waals surface area contributed by atoms with Crippen LogP contribution in [0.15, 0.2) is 18.2 Å². The first kappa shape index (κ1) is 13.3. The molecule has 1 saturated heterocycles. The summed E-state index contributed by atoms with van der Waals surface area (Å²) in [4.78, 5) is 11.9. The van der Waals surface area contributed by atoms with Crippen LogP contribution in [0, 0.1) is 0 Å². The van der Waals surface area contributed by atoms with Crippen molar-refractivity contribution in [1.82, 2.24) is 10.6 Å². The molecule has 0 aliphatic carbocycles. The maximum atomic E-state index is 11.9. The van der Waals surface area contributed by atoms with Crippen LogP contribution in [0.2, 0.25) is 5.02 Å². The molecule has 0 radical (unpaired) electrons. The fourth-order valence-corrected chi connectivity index (χ4v) is 2.37. The second kappa shape index (κ2) is 6.18. The van der Waals surface area contributed by atoms with Crippen molar-refractivity contribution in [3.8, 4) is 0 Å². The molecule has 5 heteroatoms. The van der Waals surface area contributed by atoms with Gasteiger partial charge < -0.3 is 16.4 Å². The van der Waals surface area contributed by atoms with Crippen molar-refractivity contribution in [2.24, 2.45) is 5.73 Å². The van der Waals surface area contributed by atoms with Crippen molar-refractivity contribution in [3.05, 3.63) is 34.3 Å². The maximum absolute atomic E-state index is 11.9. The predicted molar refractivity (Wildman–Crippen MR) is 72.2 cm³/mol. The lowest BCUT2D eigenvalue weighted by atomic mass is 10.1. The number of hydrogen-bond donors (Lipinski definition) is 3. The zero-order valence-corrected chi connectivity index (χ0v) is 11.0. The van der Waals surface area contributed by atoms with Crippen molar-refractivity contribution in [1.29, 1.82) is 0 Å². The summed E-state index contributed by atoms with van der Waals surface area (Å²) in [6, 6.07) is 5.52. The summed E-state index contributed by atoms with van der Waals surface area (Å²) in [5.74, 6) is 0.0513. The van der Waals surface area contributed by atoms with E-state index in [1.165, 1.54) is 0 Å². The van der Waals surface area contributed by atoms with Gasteiger partial charge >= 0.3 is 0 Å². The van der Waals surface area contributed by atoms with E-state index in [1.54, 1.807) is 0 Å². The van der Waals surface area contributed by atoms with E-state index in [9.17, 15) is 4.79 Å². The third-order valence-corrected chi connectivity index (χ3v) is 3.45. The zero-order chi connectivity index (χ0) is 13.0. The van der Waals surface area contributed by atoms with E-state index in [0.29, 0.717) is 18.1 Å². The van der Waals surface area contributed by atoms with Gasteiger partial charge in [-0.3, -0.25) is 4.79 Å². The van der Waals surface area contributed by atoms with Gasteiger partial charge in [0.15, 0.2) is 0 Å². The zero-order valence-electron chi connectivity index (χ0n) is 10.2. The SMILES string of the molecule is NCc1ccc(Cl)cc1CNC(=O)C1CCCN1.